The van der Waals surface area contributed by atoms with Crippen molar-refractivity contribution in [2.24, 2.45) is 5.92 Å². The number of ether oxygens (including phenoxy) is 1. The van der Waals surface area contributed by atoms with Crippen molar-refractivity contribution in [3.05, 3.63) is 57.0 Å². The van der Waals surface area contributed by atoms with Gasteiger partial charge in [0, 0.05) is 30.5 Å². The van der Waals surface area contributed by atoms with Crippen LogP contribution in [0, 0.1) is 12.8 Å². The molecule has 3 aromatic rings. The van der Waals surface area contributed by atoms with E-state index in [2.05, 4.69) is 21.2 Å². The molecule has 0 radical (unpaired) electrons. The molecular formula is C27H32N4O4S. The highest BCUT2D eigenvalue weighted by Gasteiger charge is 2.30. The van der Waals surface area contributed by atoms with E-state index >= 15 is 0 Å². The first-order valence-electron chi connectivity index (χ1n) is 12.6. The lowest BCUT2D eigenvalue weighted by atomic mass is 9.88. The number of pyridine rings is 1. The summed E-state index contributed by atoms with van der Waals surface area (Å²) in [5, 5.41) is 9.08. The van der Waals surface area contributed by atoms with E-state index in [1.54, 1.807) is 18.0 Å². The zero-order valence-corrected chi connectivity index (χ0v) is 21.6. The molecule has 36 heavy (non-hydrogen) atoms. The largest absolute Gasteiger partial charge is 0.469 e. The molecule has 5 rings (SSSR count). The molecule has 2 aliphatic rings. The van der Waals surface area contributed by atoms with E-state index in [1.807, 2.05) is 24.0 Å². The van der Waals surface area contributed by atoms with Gasteiger partial charge in [-0.2, -0.15) is 5.10 Å². The maximum Gasteiger partial charge on any atom is 0.309 e. The van der Waals surface area contributed by atoms with Gasteiger partial charge in [-0.05, 0) is 79.5 Å². The number of fused-ring (bicyclic) bond motifs is 2. The fraction of sp³-hybridized carbons (Fsp3) is 0.481. The Hall–Kier alpha value is -3.07. The number of likely N-dealkylation sites (tertiary alicyclic amines) is 1. The number of piperidine rings is 1. The molecule has 1 atom stereocenters. The Labute approximate surface area is 214 Å². The number of aryl methyl sites for hydroxylation is 2. The molecule has 0 spiro atoms. The highest BCUT2D eigenvalue weighted by molar-refractivity contribution is 7.99. The Morgan fingerprint density at radius 1 is 1.25 bits per heavy atom. The lowest BCUT2D eigenvalue weighted by Gasteiger charge is -2.33. The summed E-state index contributed by atoms with van der Waals surface area (Å²) in [5.74, 6) is 0.232. The van der Waals surface area contributed by atoms with Gasteiger partial charge in [-0.3, -0.25) is 19.5 Å². The van der Waals surface area contributed by atoms with Crippen molar-refractivity contribution < 1.29 is 14.3 Å². The normalized spacial score (nSPS) is 17.1. The number of nitrogens with zero attached hydrogens (tertiary/aromatic N) is 2. The zero-order chi connectivity index (χ0) is 25.2. The van der Waals surface area contributed by atoms with Gasteiger partial charge in [-0.1, -0.05) is 6.07 Å². The second kappa shape index (κ2) is 10.5. The van der Waals surface area contributed by atoms with Crippen LogP contribution in [0.2, 0.25) is 0 Å². The minimum Gasteiger partial charge on any atom is -0.469 e. The number of nitrogens with one attached hydrogen (secondary N) is 2. The summed E-state index contributed by atoms with van der Waals surface area (Å²) in [6.45, 7) is 3.17. The summed E-state index contributed by atoms with van der Waals surface area (Å²) >= 11 is 1.72. The molecule has 1 amide bonds. The van der Waals surface area contributed by atoms with Crippen molar-refractivity contribution in [1.29, 1.82) is 0 Å². The number of benzene rings is 1. The number of thioether (sulfide) groups is 1. The minimum absolute atomic E-state index is 0.00330. The first-order chi connectivity index (χ1) is 17.4. The van der Waals surface area contributed by atoms with Crippen molar-refractivity contribution in [2.45, 2.75) is 56.4 Å². The lowest BCUT2D eigenvalue weighted by molar-refractivity contribution is -0.149. The predicted molar refractivity (Wildman–Crippen MR) is 139 cm³/mol. The highest BCUT2D eigenvalue weighted by Crippen LogP contribution is 2.32. The number of H-pyrrole nitrogens is 2. The number of methoxy groups -OCH3 is 1. The van der Waals surface area contributed by atoms with Gasteiger partial charge in [-0.25, -0.2) is 0 Å². The summed E-state index contributed by atoms with van der Waals surface area (Å²) in [6.07, 6.45) is 5.94. The Kier molecular flexibility index (Phi) is 7.18. The van der Waals surface area contributed by atoms with Crippen LogP contribution in [0.3, 0.4) is 0 Å². The third kappa shape index (κ3) is 5.07. The van der Waals surface area contributed by atoms with E-state index in [4.69, 9.17) is 4.74 Å². The van der Waals surface area contributed by atoms with Crippen molar-refractivity contribution in [3.63, 3.8) is 0 Å². The number of carbonyl (C=O) groups excluding carboxylic acids is 2. The van der Waals surface area contributed by atoms with Crippen LogP contribution in [0.15, 0.2) is 34.2 Å². The Morgan fingerprint density at radius 2 is 2.06 bits per heavy atom. The molecule has 0 saturated carbocycles. The molecule has 0 bridgehead atoms. The van der Waals surface area contributed by atoms with Gasteiger partial charge in [0.05, 0.1) is 29.8 Å². The van der Waals surface area contributed by atoms with Gasteiger partial charge in [-0.15, -0.1) is 11.8 Å². The van der Waals surface area contributed by atoms with Crippen LogP contribution < -0.4 is 5.56 Å². The van der Waals surface area contributed by atoms with E-state index in [1.165, 1.54) is 12.7 Å². The average Bonchev–Trinajstić information content (AvgIpc) is 3.37. The van der Waals surface area contributed by atoms with Gasteiger partial charge in [0.1, 0.15) is 0 Å². The molecule has 1 fully saturated rings. The number of hydrogen-bond acceptors (Lipinski definition) is 6. The molecule has 0 aliphatic carbocycles. The number of amides is 1. The van der Waals surface area contributed by atoms with Crippen LogP contribution in [-0.2, 0) is 27.2 Å². The monoisotopic (exact) mass is 508 g/mol. The van der Waals surface area contributed by atoms with Crippen molar-refractivity contribution >= 4 is 34.5 Å². The fourth-order valence-electron chi connectivity index (χ4n) is 5.53. The standard InChI is InChI=1S/C27H32N4O4S/c1-16-10-17(12-21-15-28-30-24(16)21)11-20(27(34)35-2)14-23(32)31-7-5-18(6-8-31)22-13-19-4-3-9-36-26(19)29-25(22)33/h10,12-13,15,18,20H,3-9,11,14H2,1-2H3,(H,28,30)(H,29,33). The lowest BCUT2D eigenvalue weighted by Crippen LogP contribution is -2.40. The smallest absolute Gasteiger partial charge is 0.309 e. The fourth-order valence-corrected chi connectivity index (χ4v) is 6.53. The van der Waals surface area contributed by atoms with Crippen molar-refractivity contribution in [1.82, 2.24) is 20.1 Å². The van der Waals surface area contributed by atoms with Crippen LogP contribution >= 0.6 is 11.8 Å². The van der Waals surface area contributed by atoms with Gasteiger partial charge in [0.15, 0.2) is 0 Å². The molecule has 1 aromatic carbocycles. The first kappa shape index (κ1) is 24.6. The van der Waals surface area contributed by atoms with E-state index in [0.29, 0.717) is 19.5 Å². The van der Waals surface area contributed by atoms with Crippen LogP contribution in [0.5, 0.6) is 0 Å². The Bertz CT molecular complexity index is 1340. The number of carbonyl (C=O) groups is 2. The van der Waals surface area contributed by atoms with E-state index in [0.717, 1.165) is 64.1 Å². The summed E-state index contributed by atoms with van der Waals surface area (Å²) < 4.78 is 5.04. The minimum atomic E-state index is -0.551. The maximum atomic E-state index is 13.2. The molecule has 190 valence electrons. The van der Waals surface area contributed by atoms with E-state index in [9.17, 15) is 14.4 Å². The summed E-state index contributed by atoms with van der Waals surface area (Å²) in [6, 6.07) is 6.13. The summed E-state index contributed by atoms with van der Waals surface area (Å²) in [5.41, 5.74) is 5.10. The molecule has 8 nitrogen and oxygen atoms in total. The molecule has 9 heteroatoms. The molecule has 1 unspecified atom stereocenters. The predicted octanol–water partition coefficient (Wildman–Crippen LogP) is 3.73. The second-order valence-electron chi connectivity index (χ2n) is 9.89. The van der Waals surface area contributed by atoms with Crippen LogP contribution in [0.1, 0.15) is 53.9 Å². The Morgan fingerprint density at radius 3 is 2.83 bits per heavy atom. The summed E-state index contributed by atoms with van der Waals surface area (Å²) in [7, 11) is 1.37. The number of esters is 1. The molecule has 4 heterocycles. The number of aromatic amines is 2. The van der Waals surface area contributed by atoms with Crippen molar-refractivity contribution in [3.8, 4) is 0 Å². The quantitative estimate of drug-likeness (QED) is 0.491. The maximum absolute atomic E-state index is 13.2. The van der Waals surface area contributed by atoms with Crippen LogP contribution in [0.4, 0.5) is 0 Å². The number of aromatic nitrogens is 3. The van der Waals surface area contributed by atoms with Crippen molar-refractivity contribution in [2.75, 3.05) is 26.0 Å². The van der Waals surface area contributed by atoms with Gasteiger partial charge < -0.3 is 14.6 Å². The highest BCUT2D eigenvalue weighted by atomic mass is 32.2. The van der Waals surface area contributed by atoms with Crippen LogP contribution in [0.25, 0.3) is 10.9 Å². The third-order valence-corrected chi connectivity index (χ3v) is 8.62. The molecular weight excluding hydrogens is 476 g/mol. The molecule has 2 aromatic heterocycles. The number of hydrogen-bond donors (Lipinski definition) is 2. The van der Waals surface area contributed by atoms with Gasteiger partial charge in [0.25, 0.3) is 5.56 Å². The van der Waals surface area contributed by atoms with E-state index in [-0.39, 0.29) is 29.8 Å². The molecule has 1 saturated heterocycles. The zero-order valence-electron chi connectivity index (χ0n) is 20.8. The first-order valence-corrected chi connectivity index (χ1v) is 13.6. The van der Waals surface area contributed by atoms with Crippen LogP contribution in [-0.4, -0.2) is 57.9 Å². The second-order valence-corrected chi connectivity index (χ2v) is 11.0. The molecule has 2 N–H and O–H groups in total. The van der Waals surface area contributed by atoms with E-state index < -0.39 is 5.92 Å². The third-order valence-electron chi connectivity index (χ3n) is 7.48. The van der Waals surface area contributed by atoms with Gasteiger partial charge in [0.2, 0.25) is 5.91 Å². The SMILES string of the molecule is COC(=O)C(CC(=O)N1CCC(c2cc3c([nH]c2=O)SCCC3)CC1)Cc1cc(C)c2[nH]ncc2c1. The topological polar surface area (TPSA) is 108 Å². The Balaban J connectivity index is 1.23. The molecule has 2 aliphatic heterocycles. The number of rotatable bonds is 6. The average molecular weight is 509 g/mol. The van der Waals surface area contributed by atoms with Gasteiger partial charge >= 0.3 is 5.97 Å². The summed E-state index contributed by atoms with van der Waals surface area (Å²) in [4.78, 5) is 43.4.